The molecule has 0 aromatic heterocycles. The van der Waals surface area contributed by atoms with Crippen LogP contribution in [0.3, 0.4) is 0 Å². The normalized spacial score (nSPS) is 16.4. The number of rotatable bonds is 3. The first-order valence-electron chi connectivity index (χ1n) is 4.77. The molecule has 0 amide bonds. The number of Topliss-reactive ketones (excluding diaryl/α,β-unsaturated/α-hetero) is 1. The Morgan fingerprint density at radius 3 is 2.79 bits per heavy atom. The summed E-state index contributed by atoms with van der Waals surface area (Å²) in [7, 11) is 0. The van der Waals surface area contributed by atoms with Crippen molar-refractivity contribution in [3.63, 3.8) is 0 Å². The third kappa shape index (κ3) is 3.71. The lowest BCUT2D eigenvalue weighted by atomic mass is 9.96. The molecule has 0 bridgehead atoms. The van der Waals surface area contributed by atoms with Gasteiger partial charge in [-0.2, -0.15) is 0 Å². The fourth-order valence-electron chi connectivity index (χ4n) is 1.29. The summed E-state index contributed by atoms with van der Waals surface area (Å²) in [5, 5.41) is 9.50. The van der Waals surface area contributed by atoms with Crippen LogP contribution in [0.1, 0.15) is 26.7 Å². The van der Waals surface area contributed by atoms with Crippen LogP contribution in [0.15, 0.2) is 36.0 Å². The van der Waals surface area contributed by atoms with Crippen molar-refractivity contribution < 1.29 is 9.90 Å². The van der Waals surface area contributed by atoms with E-state index in [2.05, 4.69) is 0 Å². The molecular weight excluding hydrogens is 176 g/mol. The van der Waals surface area contributed by atoms with E-state index in [0.29, 0.717) is 6.42 Å². The number of aliphatic hydroxyl groups is 1. The van der Waals surface area contributed by atoms with E-state index in [4.69, 9.17) is 0 Å². The maximum absolute atomic E-state index is 11.7. The van der Waals surface area contributed by atoms with Crippen LogP contribution >= 0.6 is 0 Å². The van der Waals surface area contributed by atoms with E-state index < -0.39 is 5.60 Å². The number of carbonyl (C=O) groups excluding carboxylic acids is 1. The van der Waals surface area contributed by atoms with Crippen LogP contribution in [0.5, 0.6) is 0 Å². The first kappa shape index (κ1) is 10.9. The van der Waals surface area contributed by atoms with Crippen LogP contribution < -0.4 is 0 Å². The molecule has 0 spiro atoms. The Morgan fingerprint density at radius 1 is 1.43 bits per heavy atom. The predicted octanol–water partition coefficient (Wildman–Crippen LogP) is 2.16. The summed E-state index contributed by atoms with van der Waals surface area (Å²) in [6.07, 6.45) is 10.3. The monoisotopic (exact) mass is 192 g/mol. The predicted molar refractivity (Wildman–Crippen MR) is 56.9 cm³/mol. The molecular formula is C12H16O2. The van der Waals surface area contributed by atoms with Gasteiger partial charge in [0.25, 0.3) is 0 Å². The van der Waals surface area contributed by atoms with Crippen LogP contribution in [-0.4, -0.2) is 16.5 Å². The van der Waals surface area contributed by atoms with Crippen molar-refractivity contribution in [2.24, 2.45) is 0 Å². The molecule has 0 aliphatic heterocycles. The minimum atomic E-state index is -0.919. The van der Waals surface area contributed by atoms with E-state index in [9.17, 15) is 9.90 Å². The van der Waals surface area contributed by atoms with Gasteiger partial charge in [0, 0.05) is 6.42 Å². The summed E-state index contributed by atoms with van der Waals surface area (Å²) in [4.78, 5) is 11.7. The quantitative estimate of drug-likeness (QED) is 0.744. The zero-order chi connectivity index (χ0) is 10.6. The van der Waals surface area contributed by atoms with Crippen molar-refractivity contribution in [2.75, 3.05) is 0 Å². The van der Waals surface area contributed by atoms with Gasteiger partial charge in [-0.05, 0) is 25.8 Å². The molecule has 0 fully saturated rings. The molecule has 0 saturated carbocycles. The topological polar surface area (TPSA) is 37.3 Å². The van der Waals surface area contributed by atoms with E-state index in [-0.39, 0.29) is 12.2 Å². The van der Waals surface area contributed by atoms with E-state index in [0.717, 1.165) is 5.57 Å². The Morgan fingerprint density at radius 2 is 2.14 bits per heavy atom. The molecule has 0 aromatic carbocycles. The van der Waals surface area contributed by atoms with Crippen LogP contribution in [-0.2, 0) is 4.79 Å². The van der Waals surface area contributed by atoms with Crippen LogP contribution in [0.2, 0.25) is 0 Å². The second kappa shape index (κ2) is 4.38. The van der Waals surface area contributed by atoms with Crippen molar-refractivity contribution in [1.82, 2.24) is 0 Å². The summed E-state index contributed by atoms with van der Waals surface area (Å²) < 4.78 is 0. The average molecular weight is 192 g/mol. The maximum Gasteiger partial charge on any atom is 0.162 e. The summed E-state index contributed by atoms with van der Waals surface area (Å²) in [5.41, 5.74) is -0.158. The van der Waals surface area contributed by atoms with Crippen molar-refractivity contribution in [3.05, 3.63) is 36.0 Å². The summed E-state index contributed by atoms with van der Waals surface area (Å²) in [6, 6.07) is 0. The van der Waals surface area contributed by atoms with Gasteiger partial charge in [-0.15, -0.1) is 0 Å². The molecule has 0 atom stereocenters. The Kier molecular flexibility index (Phi) is 3.42. The fourth-order valence-corrected chi connectivity index (χ4v) is 1.29. The highest BCUT2D eigenvalue weighted by Crippen LogP contribution is 2.16. The number of allylic oxidation sites excluding steroid dienone is 6. The Balaban J connectivity index is 2.66. The third-order valence-electron chi connectivity index (χ3n) is 1.94. The van der Waals surface area contributed by atoms with Crippen LogP contribution in [0, 0.1) is 0 Å². The van der Waals surface area contributed by atoms with Gasteiger partial charge in [-0.25, -0.2) is 0 Å². The first-order valence-corrected chi connectivity index (χ1v) is 4.77. The molecule has 2 nitrogen and oxygen atoms in total. The molecule has 0 aromatic rings. The van der Waals surface area contributed by atoms with Gasteiger partial charge in [0.2, 0.25) is 0 Å². The molecule has 2 heteroatoms. The molecule has 0 radical (unpaired) electrons. The second-order valence-corrected chi connectivity index (χ2v) is 4.12. The van der Waals surface area contributed by atoms with Gasteiger partial charge in [-0.1, -0.05) is 30.4 Å². The van der Waals surface area contributed by atoms with Crippen molar-refractivity contribution in [1.29, 1.82) is 0 Å². The lowest BCUT2D eigenvalue weighted by Gasteiger charge is -2.16. The molecule has 1 aliphatic rings. The van der Waals surface area contributed by atoms with Crippen molar-refractivity contribution >= 4 is 5.78 Å². The van der Waals surface area contributed by atoms with Gasteiger partial charge < -0.3 is 5.11 Å². The van der Waals surface area contributed by atoms with Gasteiger partial charge in [-0.3, -0.25) is 4.79 Å². The lowest BCUT2D eigenvalue weighted by molar-refractivity contribution is -0.119. The van der Waals surface area contributed by atoms with E-state index in [1.807, 2.05) is 30.4 Å². The van der Waals surface area contributed by atoms with Gasteiger partial charge in [0.05, 0.1) is 5.60 Å². The number of ketones is 1. The standard InChI is InChI=1S/C12H16O2/c1-12(2,14)9-11(13)10-7-5-3-4-6-8-10/h3-7,14H,8-9H2,1-2H3. The third-order valence-corrected chi connectivity index (χ3v) is 1.94. The molecule has 1 rings (SSSR count). The minimum Gasteiger partial charge on any atom is -0.390 e. The Hall–Kier alpha value is -1.15. The van der Waals surface area contributed by atoms with Gasteiger partial charge in [0.1, 0.15) is 0 Å². The molecule has 1 N–H and O–H groups in total. The molecule has 76 valence electrons. The molecule has 0 heterocycles. The maximum atomic E-state index is 11.7. The highest BCUT2D eigenvalue weighted by molar-refractivity contribution is 5.96. The highest BCUT2D eigenvalue weighted by atomic mass is 16.3. The molecule has 0 saturated heterocycles. The number of hydrogen-bond donors (Lipinski definition) is 1. The van der Waals surface area contributed by atoms with Crippen LogP contribution in [0.25, 0.3) is 0 Å². The van der Waals surface area contributed by atoms with E-state index >= 15 is 0 Å². The van der Waals surface area contributed by atoms with Crippen molar-refractivity contribution in [3.8, 4) is 0 Å². The molecule has 0 unspecified atom stereocenters. The number of hydrogen-bond acceptors (Lipinski definition) is 2. The highest BCUT2D eigenvalue weighted by Gasteiger charge is 2.19. The van der Waals surface area contributed by atoms with Gasteiger partial charge in [0.15, 0.2) is 5.78 Å². The minimum absolute atomic E-state index is 0.0219. The summed E-state index contributed by atoms with van der Waals surface area (Å²) in [6.45, 7) is 3.29. The van der Waals surface area contributed by atoms with Gasteiger partial charge >= 0.3 is 0 Å². The van der Waals surface area contributed by atoms with E-state index in [1.54, 1.807) is 13.8 Å². The Labute approximate surface area is 84.6 Å². The summed E-state index contributed by atoms with van der Waals surface area (Å²) >= 11 is 0. The molecule has 14 heavy (non-hydrogen) atoms. The van der Waals surface area contributed by atoms with Crippen molar-refractivity contribution in [2.45, 2.75) is 32.3 Å². The largest absolute Gasteiger partial charge is 0.390 e. The average Bonchev–Trinajstić information content (AvgIpc) is 2.27. The fraction of sp³-hybridized carbons (Fsp3) is 0.417. The summed E-state index contributed by atoms with van der Waals surface area (Å²) in [5.74, 6) is 0.0219. The zero-order valence-corrected chi connectivity index (χ0v) is 8.66. The van der Waals surface area contributed by atoms with Crippen LogP contribution in [0.4, 0.5) is 0 Å². The number of carbonyl (C=O) groups is 1. The first-order chi connectivity index (χ1) is 6.49. The smallest absolute Gasteiger partial charge is 0.162 e. The lowest BCUT2D eigenvalue weighted by Crippen LogP contribution is -2.24. The SMILES string of the molecule is CC(C)(O)CC(=O)C1=CC=CC=CC1. The Bertz CT molecular complexity index is 301. The van der Waals surface area contributed by atoms with E-state index in [1.165, 1.54) is 0 Å². The zero-order valence-electron chi connectivity index (χ0n) is 8.66. The second-order valence-electron chi connectivity index (χ2n) is 4.12. The molecule has 1 aliphatic carbocycles.